The fraction of sp³-hybridized carbons (Fsp3) is 0.333. The molecule has 0 aliphatic heterocycles. The van der Waals surface area contributed by atoms with Crippen LogP contribution in [0.25, 0.3) is 11.4 Å². The summed E-state index contributed by atoms with van der Waals surface area (Å²) in [6.07, 6.45) is 0. The molecule has 0 aliphatic rings. The van der Waals surface area contributed by atoms with Crippen molar-refractivity contribution in [3.05, 3.63) is 28.7 Å². The predicted molar refractivity (Wildman–Crippen MR) is 96.6 cm³/mol. The van der Waals surface area contributed by atoms with Gasteiger partial charge < -0.3 is 5.32 Å². The van der Waals surface area contributed by atoms with Gasteiger partial charge in [0, 0.05) is 16.1 Å². The summed E-state index contributed by atoms with van der Waals surface area (Å²) in [7, 11) is 0. The molecule has 0 unspecified atom stereocenters. The number of hydrogen-bond acceptors (Lipinski definition) is 5. The molecule has 2 rings (SSSR count). The Hall–Kier alpha value is -1.87. The van der Waals surface area contributed by atoms with Crippen molar-refractivity contribution in [3.63, 3.8) is 0 Å². The number of hydrogen-bond donors (Lipinski definition) is 3. The van der Waals surface area contributed by atoms with Crippen molar-refractivity contribution in [1.82, 2.24) is 25.8 Å². The third-order valence-electron chi connectivity index (χ3n) is 2.90. The van der Waals surface area contributed by atoms with Crippen LogP contribution in [-0.2, 0) is 4.79 Å². The fourth-order valence-corrected chi connectivity index (χ4v) is 2.99. The molecular formula is C15H18BrN5O2S. The molecule has 1 aromatic carbocycles. The monoisotopic (exact) mass is 411 g/mol. The zero-order valence-corrected chi connectivity index (χ0v) is 15.9. The van der Waals surface area contributed by atoms with Crippen LogP contribution in [0.1, 0.15) is 20.8 Å². The van der Waals surface area contributed by atoms with E-state index in [1.165, 1.54) is 11.8 Å². The van der Waals surface area contributed by atoms with Gasteiger partial charge in [-0.3, -0.25) is 15.2 Å². The minimum Gasteiger partial charge on any atom is -0.336 e. The average molecular weight is 412 g/mol. The molecule has 0 radical (unpaired) electrons. The van der Waals surface area contributed by atoms with Crippen molar-refractivity contribution in [1.29, 1.82) is 0 Å². The zero-order valence-electron chi connectivity index (χ0n) is 13.5. The average Bonchev–Trinajstić information content (AvgIpc) is 2.94. The number of H-pyrrole nitrogens is 1. The largest absolute Gasteiger partial charge is 0.336 e. The first-order chi connectivity index (χ1) is 11.4. The van der Waals surface area contributed by atoms with Crippen LogP contribution in [0.5, 0.6) is 0 Å². The van der Waals surface area contributed by atoms with Gasteiger partial charge in [0.05, 0.1) is 5.25 Å². The van der Waals surface area contributed by atoms with Gasteiger partial charge in [0.15, 0.2) is 5.82 Å². The Morgan fingerprint density at radius 3 is 2.62 bits per heavy atom. The number of halogens is 1. The quantitative estimate of drug-likeness (QED) is 0.656. The van der Waals surface area contributed by atoms with E-state index in [2.05, 4.69) is 41.7 Å². The highest BCUT2D eigenvalue weighted by molar-refractivity contribution is 9.10. The lowest BCUT2D eigenvalue weighted by Crippen LogP contribution is -2.45. The summed E-state index contributed by atoms with van der Waals surface area (Å²) in [5.74, 6) is 0.209. The van der Waals surface area contributed by atoms with Gasteiger partial charge in [-0.25, -0.2) is 9.78 Å². The maximum absolute atomic E-state index is 12.0. The molecule has 128 valence electrons. The third kappa shape index (κ3) is 5.07. The summed E-state index contributed by atoms with van der Waals surface area (Å²) in [6, 6.07) is 7.08. The van der Waals surface area contributed by atoms with Crippen molar-refractivity contribution < 1.29 is 9.59 Å². The molecule has 9 heteroatoms. The number of nitrogens with zero attached hydrogens (tertiary/aromatic N) is 2. The van der Waals surface area contributed by atoms with Crippen LogP contribution >= 0.6 is 27.7 Å². The minimum atomic E-state index is -0.509. The number of thioether (sulfide) groups is 1. The van der Waals surface area contributed by atoms with Gasteiger partial charge in [-0.15, -0.1) is 5.10 Å². The summed E-state index contributed by atoms with van der Waals surface area (Å²) in [5.41, 5.74) is 0.880. The number of nitrogens with one attached hydrogen (secondary N) is 3. The first kappa shape index (κ1) is 18.5. The third-order valence-corrected chi connectivity index (χ3v) is 4.55. The van der Waals surface area contributed by atoms with Crippen molar-refractivity contribution in [2.45, 2.75) is 37.2 Å². The number of aromatic nitrogens is 3. The highest BCUT2D eigenvalue weighted by Crippen LogP contribution is 2.27. The molecular weight excluding hydrogens is 394 g/mol. The summed E-state index contributed by atoms with van der Waals surface area (Å²) in [6.45, 7) is 5.33. The Kier molecular flexibility index (Phi) is 6.38. The summed E-state index contributed by atoms with van der Waals surface area (Å²) >= 11 is 4.63. The van der Waals surface area contributed by atoms with E-state index in [-0.39, 0.29) is 6.04 Å². The standard InChI is InChI=1S/C15H18BrN5O2S/c1-8(2)17-14(23)19-13(22)9(3)24-15-18-12(20-21-15)10-6-4-5-7-11(10)16/h4-9H,1-3H3,(H,18,20,21)(H2,17,19,22,23)/t9-/m0/s1. The molecule has 7 nitrogen and oxygen atoms in total. The van der Waals surface area contributed by atoms with Crippen molar-refractivity contribution in [2.75, 3.05) is 0 Å². The Balaban J connectivity index is 1.98. The number of carbonyl (C=O) groups is 2. The summed E-state index contributed by atoms with van der Waals surface area (Å²) < 4.78 is 0.897. The van der Waals surface area contributed by atoms with Gasteiger partial charge >= 0.3 is 6.03 Å². The fourth-order valence-electron chi connectivity index (χ4n) is 1.80. The van der Waals surface area contributed by atoms with Gasteiger partial charge in [-0.1, -0.05) is 45.9 Å². The number of imide groups is 1. The van der Waals surface area contributed by atoms with E-state index >= 15 is 0 Å². The van der Waals surface area contributed by atoms with E-state index in [0.717, 1.165) is 10.0 Å². The molecule has 0 spiro atoms. The van der Waals surface area contributed by atoms with E-state index in [1.54, 1.807) is 6.92 Å². The Morgan fingerprint density at radius 1 is 1.25 bits per heavy atom. The second-order valence-electron chi connectivity index (χ2n) is 5.32. The molecule has 2 aromatic rings. The molecule has 1 heterocycles. The molecule has 1 atom stereocenters. The van der Waals surface area contributed by atoms with Crippen LogP contribution in [-0.4, -0.2) is 38.4 Å². The second-order valence-corrected chi connectivity index (χ2v) is 7.49. The maximum Gasteiger partial charge on any atom is 0.321 e. The van der Waals surface area contributed by atoms with Gasteiger partial charge in [-0.2, -0.15) is 0 Å². The first-order valence-electron chi connectivity index (χ1n) is 7.32. The van der Waals surface area contributed by atoms with Gasteiger partial charge in [-0.05, 0) is 26.8 Å². The molecule has 0 saturated carbocycles. The normalized spacial score (nSPS) is 12.0. The molecule has 0 bridgehead atoms. The van der Waals surface area contributed by atoms with Gasteiger partial charge in [0.25, 0.3) is 0 Å². The van der Waals surface area contributed by atoms with Crippen LogP contribution < -0.4 is 10.6 Å². The number of amides is 3. The molecule has 0 saturated heterocycles. The Bertz CT molecular complexity index is 734. The number of urea groups is 1. The van der Waals surface area contributed by atoms with Crippen LogP contribution in [0, 0.1) is 0 Å². The molecule has 24 heavy (non-hydrogen) atoms. The molecule has 3 N–H and O–H groups in total. The number of benzene rings is 1. The zero-order chi connectivity index (χ0) is 17.7. The van der Waals surface area contributed by atoms with E-state index in [0.29, 0.717) is 11.0 Å². The topological polar surface area (TPSA) is 99.8 Å². The minimum absolute atomic E-state index is 0.0411. The number of aromatic amines is 1. The highest BCUT2D eigenvalue weighted by atomic mass is 79.9. The van der Waals surface area contributed by atoms with E-state index in [9.17, 15) is 9.59 Å². The molecule has 0 fully saturated rings. The van der Waals surface area contributed by atoms with Crippen LogP contribution in [0.3, 0.4) is 0 Å². The SMILES string of the molecule is CC(C)NC(=O)NC(=O)[C@H](C)Sc1n[nH]c(-c2ccccc2Br)n1. The van der Waals surface area contributed by atoms with Gasteiger partial charge in [0.1, 0.15) is 0 Å². The number of rotatable bonds is 5. The predicted octanol–water partition coefficient (Wildman–Crippen LogP) is 2.95. The van der Waals surface area contributed by atoms with Crippen molar-refractivity contribution in [2.24, 2.45) is 0 Å². The lowest BCUT2D eigenvalue weighted by Gasteiger charge is -2.11. The number of carbonyl (C=O) groups excluding carboxylic acids is 2. The van der Waals surface area contributed by atoms with E-state index in [4.69, 9.17) is 0 Å². The first-order valence-corrected chi connectivity index (χ1v) is 8.99. The molecule has 3 amide bonds. The van der Waals surface area contributed by atoms with Gasteiger partial charge in [0.2, 0.25) is 11.1 Å². The smallest absolute Gasteiger partial charge is 0.321 e. The van der Waals surface area contributed by atoms with Crippen molar-refractivity contribution >= 4 is 39.6 Å². The summed E-state index contributed by atoms with van der Waals surface area (Å²) in [5, 5.41) is 11.8. The Labute approximate surface area is 152 Å². The van der Waals surface area contributed by atoms with Crippen molar-refractivity contribution in [3.8, 4) is 11.4 Å². The van der Waals surface area contributed by atoms with Crippen LogP contribution in [0.4, 0.5) is 4.79 Å². The maximum atomic E-state index is 12.0. The second kappa shape index (κ2) is 8.29. The Morgan fingerprint density at radius 2 is 1.96 bits per heavy atom. The lowest BCUT2D eigenvalue weighted by atomic mass is 10.2. The van der Waals surface area contributed by atoms with Crippen LogP contribution in [0.15, 0.2) is 33.9 Å². The summed E-state index contributed by atoms with van der Waals surface area (Å²) in [4.78, 5) is 27.9. The molecule has 0 aliphatic carbocycles. The van der Waals surface area contributed by atoms with Crippen LogP contribution in [0.2, 0.25) is 0 Å². The van der Waals surface area contributed by atoms with E-state index in [1.807, 2.05) is 38.1 Å². The lowest BCUT2D eigenvalue weighted by molar-refractivity contribution is -0.119. The molecule has 1 aromatic heterocycles. The highest BCUT2D eigenvalue weighted by Gasteiger charge is 2.20. The van der Waals surface area contributed by atoms with E-state index < -0.39 is 17.2 Å².